The molecule has 1 aromatic carbocycles. The number of rotatable bonds is 2. The summed E-state index contributed by atoms with van der Waals surface area (Å²) < 4.78 is 0. The average Bonchev–Trinajstić information content (AvgIpc) is 2.91. The van der Waals surface area contributed by atoms with Crippen LogP contribution in [0.1, 0.15) is 52.0 Å². The summed E-state index contributed by atoms with van der Waals surface area (Å²) in [6, 6.07) is 5.18. The maximum Gasteiger partial charge on any atom is 0.254 e. The highest BCUT2D eigenvalue weighted by Crippen LogP contribution is 2.35. The fourth-order valence-electron chi connectivity index (χ4n) is 3.90. The monoisotopic (exact) mass is 310 g/mol. The quantitative estimate of drug-likeness (QED) is 0.864. The van der Waals surface area contributed by atoms with Gasteiger partial charge in [0, 0.05) is 34.8 Å². The normalized spacial score (nSPS) is 24.0. The first-order valence-corrected chi connectivity index (χ1v) is 8.05. The summed E-state index contributed by atoms with van der Waals surface area (Å²) in [6.07, 6.45) is 5.59. The zero-order chi connectivity index (χ0) is 16.0. The number of hydrogen-bond donors (Lipinski definition) is 1. The van der Waals surface area contributed by atoms with E-state index in [4.69, 9.17) is 0 Å². The first-order valence-electron chi connectivity index (χ1n) is 8.05. The fourth-order valence-corrected chi connectivity index (χ4v) is 3.90. The Balaban J connectivity index is 1.82. The molecule has 2 aromatic rings. The number of aliphatic hydroxyl groups excluding tert-OH is 1. The van der Waals surface area contributed by atoms with Crippen LogP contribution in [0.15, 0.2) is 24.4 Å². The number of aromatic nitrogens is 1. The number of benzene rings is 1. The van der Waals surface area contributed by atoms with E-state index >= 15 is 0 Å². The zero-order valence-electron chi connectivity index (χ0n) is 12.7. The minimum Gasteiger partial charge on any atom is -0.391 e. The molecular weight excluding hydrogens is 292 g/mol. The third-order valence-electron chi connectivity index (χ3n) is 5.07. The zero-order valence-corrected chi connectivity index (χ0v) is 12.7. The molecule has 2 aliphatic rings. The number of pyridine rings is 1. The third-order valence-corrected chi connectivity index (χ3v) is 5.07. The number of hydrogen-bond acceptors (Lipinski definition) is 4. The van der Waals surface area contributed by atoms with Gasteiger partial charge in [-0.1, -0.05) is 18.9 Å². The van der Waals surface area contributed by atoms with E-state index in [2.05, 4.69) is 4.98 Å². The Morgan fingerprint density at radius 3 is 2.91 bits per heavy atom. The number of aliphatic hydroxyl groups is 1. The molecule has 23 heavy (non-hydrogen) atoms. The second kappa shape index (κ2) is 5.42. The summed E-state index contributed by atoms with van der Waals surface area (Å²) in [6.45, 7) is 0.461. The van der Waals surface area contributed by atoms with Crippen LogP contribution in [0.25, 0.3) is 10.9 Å². The molecule has 1 fully saturated rings. The molecule has 4 rings (SSSR count). The Hall–Kier alpha value is -2.27. The molecule has 2 atom stereocenters. The molecule has 1 saturated carbocycles. The number of aldehydes is 1. The van der Waals surface area contributed by atoms with Crippen LogP contribution < -0.4 is 0 Å². The predicted octanol–water partition coefficient (Wildman–Crippen LogP) is 2.31. The van der Waals surface area contributed by atoms with Gasteiger partial charge < -0.3 is 10.0 Å². The molecule has 5 nitrogen and oxygen atoms in total. The van der Waals surface area contributed by atoms with Gasteiger partial charge in [-0.25, -0.2) is 0 Å². The highest BCUT2D eigenvalue weighted by Gasteiger charge is 2.38. The van der Waals surface area contributed by atoms with Gasteiger partial charge in [0.1, 0.15) is 0 Å². The van der Waals surface area contributed by atoms with Crippen molar-refractivity contribution >= 4 is 23.1 Å². The van der Waals surface area contributed by atoms with Crippen molar-refractivity contribution in [3.63, 3.8) is 0 Å². The molecule has 0 bridgehead atoms. The molecular formula is C18H18N2O3. The summed E-state index contributed by atoms with van der Waals surface area (Å²) in [5.74, 6) is -0.0957. The van der Waals surface area contributed by atoms with Gasteiger partial charge in [0.2, 0.25) is 0 Å². The van der Waals surface area contributed by atoms with Gasteiger partial charge in [0.15, 0.2) is 6.29 Å². The van der Waals surface area contributed by atoms with Crippen LogP contribution in [0.3, 0.4) is 0 Å². The van der Waals surface area contributed by atoms with E-state index in [1.165, 1.54) is 0 Å². The SMILES string of the molecule is O=Cc1cc2c(c3ncccc13)CN([C@H]1CCCC[C@@H]1O)C2=O. The van der Waals surface area contributed by atoms with Crippen molar-refractivity contribution in [3.8, 4) is 0 Å². The van der Waals surface area contributed by atoms with Crippen LogP contribution in [0.2, 0.25) is 0 Å². The van der Waals surface area contributed by atoms with E-state index in [9.17, 15) is 14.7 Å². The van der Waals surface area contributed by atoms with Crippen molar-refractivity contribution < 1.29 is 14.7 Å². The lowest BCUT2D eigenvalue weighted by molar-refractivity contribution is 0.0192. The van der Waals surface area contributed by atoms with Crippen LogP contribution in [0.5, 0.6) is 0 Å². The van der Waals surface area contributed by atoms with E-state index in [0.29, 0.717) is 23.2 Å². The second-order valence-corrected chi connectivity index (χ2v) is 6.36. The van der Waals surface area contributed by atoms with Crippen LogP contribution in [-0.2, 0) is 6.54 Å². The molecule has 0 radical (unpaired) electrons. The average molecular weight is 310 g/mol. The van der Waals surface area contributed by atoms with Crippen molar-refractivity contribution in [2.24, 2.45) is 0 Å². The Labute approximate surface area is 133 Å². The maximum absolute atomic E-state index is 12.8. The lowest BCUT2D eigenvalue weighted by atomic mass is 9.91. The molecule has 0 saturated heterocycles. The standard InChI is InChI=1S/C18H18N2O3/c21-10-11-8-13-14(17-12(11)4-3-7-19-17)9-20(18(13)23)15-5-1-2-6-16(15)22/h3-4,7-8,10,15-16,22H,1-2,5-6,9H2/t15-,16-/m0/s1. The Bertz CT molecular complexity index is 802. The topological polar surface area (TPSA) is 70.5 Å². The first kappa shape index (κ1) is 14.3. The third kappa shape index (κ3) is 2.15. The molecule has 1 aromatic heterocycles. The summed E-state index contributed by atoms with van der Waals surface area (Å²) in [7, 11) is 0. The highest BCUT2D eigenvalue weighted by molar-refractivity contribution is 6.08. The summed E-state index contributed by atoms with van der Waals surface area (Å²) >= 11 is 0. The molecule has 1 aliphatic carbocycles. The molecule has 0 unspecified atom stereocenters. The summed E-state index contributed by atoms with van der Waals surface area (Å²) in [5.41, 5.74) is 2.63. The van der Waals surface area contributed by atoms with Gasteiger partial charge in [-0.2, -0.15) is 0 Å². The minimum absolute atomic E-state index is 0.0957. The van der Waals surface area contributed by atoms with Crippen molar-refractivity contribution in [3.05, 3.63) is 41.1 Å². The molecule has 0 spiro atoms. The van der Waals surface area contributed by atoms with Gasteiger partial charge in [-0.05, 0) is 25.0 Å². The van der Waals surface area contributed by atoms with Crippen molar-refractivity contribution in [1.29, 1.82) is 0 Å². The van der Waals surface area contributed by atoms with Crippen molar-refractivity contribution in [2.75, 3.05) is 0 Å². The minimum atomic E-state index is -0.466. The van der Waals surface area contributed by atoms with E-state index in [1.807, 2.05) is 6.07 Å². The van der Waals surface area contributed by atoms with E-state index < -0.39 is 6.10 Å². The van der Waals surface area contributed by atoms with Crippen molar-refractivity contribution in [2.45, 2.75) is 44.4 Å². The van der Waals surface area contributed by atoms with Gasteiger partial charge in [-0.15, -0.1) is 0 Å². The molecule has 5 heteroatoms. The summed E-state index contributed by atoms with van der Waals surface area (Å²) in [5, 5.41) is 11.1. The number of nitrogens with zero attached hydrogens (tertiary/aromatic N) is 2. The molecule has 1 amide bonds. The van der Waals surface area contributed by atoms with Crippen LogP contribution in [0, 0.1) is 0 Å². The number of carbonyl (C=O) groups excluding carboxylic acids is 2. The van der Waals surface area contributed by atoms with Gasteiger partial charge in [-0.3, -0.25) is 14.6 Å². The lowest BCUT2D eigenvalue weighted by Crippen LogP contribution is -2.45. The van der Waals surface area contributed by atoms with E-state index in [-0.39, 0.29) is 11.9 Å². The largest absolute Gasteiger partial charge is 0.391 e. The van der Waals surface area contributed by atoms with Crippen LogP contribution in [0.4, 0.5) is 0 Å². The molecule has 1 aliphatic heterocycles. The number of amides is 1. The van der Waals surface area contributed by atoms with Gasteiger partial charge in [0.25, 0.3) is 5.91 Å². The van der Waals surface area contributed by atoms with Gasteiger partial charge >= 0.3 is 0 Å². The molecule has 118 valence electrons. The number of fused-ring (bicyclic) bond motifs is 3. The smallest absolute Gasteiger partial charge is 0.254 e. The Morgan fingerprint density at radius 1 is 1.30 bits per heavy atom. The Kier molecular flexibility index (Phi) is 3.38. The lowest BCUT2D eigenvalue weighted by Gasteiger charge is -2.35. The van der Waals surface area contributed by atoms with E-state index in [0.717, 1.165) is 42.9 Å². The molecule has 2 heterocycles. The van der Waals surface area contributed by atoms with E-state index in [1.54, 1.807) is 23.2 Å². The highest BCUT2D eigenvalue weighted by atomic mass is 16.3. The fraction of sp³-hybridized carbons (Fsp3) is 0.389. The second-order valence-electron chi connectivity index (χ2n) is 6.36. The summed E-state index contributed by atoms with van der Waals surface area (Å²) in [4.78, 5) is 30.3. The first-order chi connectivity index (χ1) is 11.2. The van der Waals surface area contributed by atoms with Crippen LogP contribution in [-0.4, -0.2) is 39.3 Å². The maximum atomic E-state index is 12.8. The number of carbonyl (C=O) groups is 2. The van der Waals surface area contributed by atoms with Crippen molar-refractivity contribution in [1.82, 2.24) is 9.88 Å². The van der Waals surface area contributed by atoms with Gasteiger partial charge in [0.05, 0.1) is 17.7 Å². The molecule has 1 N–H and O–H groups in total. The van der Waals surface area contributed by atoms with Crippen LogP contribution >= 0.6 is 0 Å². The predicted molar refractivity (Wildman–Crippen MR) is 85.3 cm³/mol. The Morgan fingerprint density at radius 2 is 2.13 bits per heavy atom.